The van der Waals surface area contributed by atoms with Gasteiger partial charge in [0.15, 0.2) is 0 Å². The molecule has 2 aromatic rings. The van der Waals surface area contributed by atoms with E-state index in [1.54, 1.807) is 0 Å². The Morgan fingerprint density at radius 2 is 2.09 bits per heavy atom. The number of benzene rings is 1. The van der Waals surface area contributed by atoms with Gasteiger partial charge in [0.2, 0.25) is 0 Å². The zero-order chi connectivity index (χ0) is 16.6. The Morgan fingerprint density at radius 3 is 2.74 bits per heavy atom. The lowest BCUT2D eigenvalue weighted by atomic mass is 10.2. The minimum Gasteiger partial charge on any atom is -0.510 e. The molecule has 0 bridgehead atoms. The van der Waals surface area contributed by atoms with Crippen molar-refractivity contribution in [2.24, 2.45) is 0 Å². The van der Waals surface area contributed by atoms with Crippen molar-refractivity contribution in [1.29, 1.82) is 5.41 Å². The van der Waals surface area contributed by atoms with Gasteiger partial charge in [0.05, 0.1) is 17.8 Å². The number of hydrogen-bond donors (Lipinski definition) is 2. The first-order valence-corrected chi connectivity index (χ1v) is 8.76. The van der Waals surface area contributed by atoms with Gasteiger partial charge in [0.25, 0.3) is 0 Å². The molecule has 0 fully saturated rings. The average molecular weight is 348 g/mol. The number of halogens is 1. The fourth-order valence-corrected chi connectivity index (χ4v) is 3.58. The monoisotopic (exact) mass is 347 g/mol. The molecular weight excluding hydrogens is 330 g/mol. The van der Waals surface area contributed by atoms with Crippen molar-refractivity contribution >= 4 is 34.3 Å². The molecule has 1 aliphatic heterocycles. The number of hydrogen-bond acceptors (Lipinski definition) is 4. The van der Waals surface area contributed by atoms with Crippen LogP contribution in [0.3, 0.4) is 0 Å². The van der Waals surface area contributed by atoms with Gasteiger partial charge in [-0.3, -0.25) is 5.41 Å². The third-order valence-electron chi connectivity index (χ3n) is 4.11. The molecule has 1 aromatic carbocycles. The van der Waals surface area contributed by atoms with Crippen LogP contribution in [-0.4, -0.2) is 33.4 Å². The predicted molar refractivity (Wildman–Crippen MR) is 96.3 cm³/mol. The summed E-state index contributed by atoms with van der Waals surface area (Å²) in [6, 6.07) is 7.71. The molecule has 1 aliphatic rings. The summed E-state index contributed by atoms with van der Waals surface area (Å²) in [5.41, 5.74) is 2.35. The van der Waals surface area contributed by atoms with Crippen molar-refractivity contribution in [3.8, 4) is 11.3 Å². The van der Waals surface area contributed by atoms with Crippen LogP contribution in [0.2, 0.25) is 5.02 Å². The quantitative estimate of drug-likeness (QED) is 0.833. The van der Waals surface area contributed by atoms with Crippen molar-refractivity contribution in [1.82, 2.24) is 9.88 Å². The van der Waals surface area contributed by atoms with Gasteiger partial charge in [-0.2, -0.15) is 0 Å². The zero-order valence-corrected chi connectivity index (χ0v) is 14.6. The van der Waals surface area contributed by atoms with E-state index < -0.39 is 0 Å². The molecule has 23 heavy (non-hydrogen) atoms. The standard InChI is InChI=1S/C17H18ClN3OS/c1-3-10(2)21-8-14(22)15(16(21)19)17-20-13(9-23-17)11-4-6-12(18)7-5-11/h4-7,9-10,19,22H,3,8H2,1-2H3. The molecule has 2 N–H and O–H groups in total. The molecule has 2 heterocycles. The molecule has 1 aromatic heterocycles. The topological polar surface area (TPSA) is 60.2 Å². The maximum absolute atomic E-state index is 10.3. The van der Waals surface area contributed by atoms with Gasteiger partial charge < -0.3 is 10.0 Å². The summed E-state index contributed by atoms with van der Waals surface area (Å²) in [7, 11) is 0. The van der Waals surface area contributed by atoms with Crippen molar-refractivity contribution in [3.63, 3.8) is 0 Å². The van der Waals surface area contributed by atoms with Gasteiger partial charge in [0, 0.05) is 22.0 Å². The van der Waals surface area contributed by atoms with Crippen molar-refractivity contribution < 1.29 is 5.11 Å². The average Bonchev–Trinajstić information content (AvgIpc) is 3.12. The van der Waals surface area contributed by atoms with Crippen molar-refractivity contribution in [3.05, 3.63) is 45.4 Å². The zero-order valence-electron chi connectivity index (χ0n) is 13.0. The van der Waals surface area contributed by atoms with Crippen molar-refractivity contribution in [2.45, 2.75) is 26.3 Å². The Balaban J connectivity index is 1.90. The van der Waals surface area contributed by atoms with Crippen LogP contribution in [0.1, 0.15) is 25.3 Å². The van der Waals surface area contributed by atoms with Crippen LogP contribution in [0.15, 0.2) is 35.4 Å². The largest absolute Gasteiger partial charge is 0.510 e. The van der Waals surface area contributed by atoms with E-state index in [9.17, 15) is 5.11 Å². The molecule has 6 heteroatoms. The smallest absolute Gasteiger partial charge is 0.135 e. The van der Waals surface area contributed by atoms with E-state index in [0.717, 1.165) is 17.7 Å². The molecule has 0 spiro atoms. The summed E-state index contributed by atoms with van der Waals surface area (Å²) >= 11 is 7.36. The molecule has 0 amide bonds. The number of nitrogens with one attached hydrogen (secondary N) is 1. The summed E-state index contributed by atoms with van der Waals surface area (Å²) < 4.78 is 0. The maximum Gasteiger partial charge on any atom is 0.135 e. The second-order valence-electron chi connectivity index (χ2n) is 5.60. The van der Waals surface area contributed by atoms with Crippen LogP contribution in [-0.2, 0) is 0 Å². The van der Waals surface area contributed by atoms with Crippen LogP contribution >= 0.6 is 22.9 Å². The molecule has 3 rings (SSSR count). The highest BCUT2D eigenvalue weighted by Crippen LogP contribution is 2.33. The summed E-state index contributed by atoms with van der Waals surface area (Å²) in [4.78, 5) is 6.51. The predicted octanol–water partition coefficient (Wildman–Crippen LogP) is 4.82. The SMILES string of the molecule is CCC(C)N1CC(O)=C(c2nc(-c3ccc(Cl)cc3)cs2)C1=N. The van der Waals surface area contributed by atoms with Gasteiger partial charge in [0.1, 0.15) is 16.6 Å². The third kappa shape index (κ3) is 2.99. The number of nitrogens with zero attached hydrogens (tertiary/aromatic N) is 2. The van der Waals surface area contributed by atoms with Crippen LogP contribution in [0, 0.1) is 5.41 Å². The Kier molecular flexibility index (Phi) is 4.41. The molecule has 1 atom stereocenters. The molecule has 0 saturated heterocycles. The summed E-state index contributed by atoms with van der Waals surface area (Å²) in [6.45, 7) is 4.53. The van der Waals surface area contributed by atoms with E-state index in [2.05, 4.69) is 18.8 Å². The minimum atomic E-state index is 0.220. The lowest BCUT2D eigenvalue weighted by Crippen LogP contribution is -2.34. The first-order valence-electron chi connectivity index (χ1n) is 7.50. The number of thiazole rings is 1. The highest BCUT2D eigenvalue weighted by Gasteiger charge is 2.32. The third-order valence-corrected chi connectivity index (χ3v) is 5.23. The van der Waals surface area contributed by atoms with E-state index in [0.29, 0.717) is 28.0 Å². The van der Waals surface area contributed by atoms with E-state index in [1.165, 1.54) is 11.3 Å². The minimum absolute atomic E-state index is 0.220. The van der Waals surface area contributed by atoms with E-state index in [-0.39, 0.29) is 11.8 Å². The Hall–Kier alpha value is -1.85. The normalized spacial score (nSPS) is 16.3. The Labute approximate surface area is 144 Å². The highest BCUT2D eigenvalue weighted by atomic mass is 35.5. The molecule has 0 saturated carbocycles. The maximum atomic E-state index is 10.3. The van der Waals surface area contributed by atoms with E-state index in [1.807, 2.05) is 34.5 Å². The Morgan fingerprint density at radius 1 is 1.39 bits per heavy atom. The van der Waals surface area contributed by atoms with E-state index in [4.69, 9.17) is 17.0 Å². The fraction of sp³-hybridized carbons (Fsp3) is 0.294. The Bertz CT molecular complexity index is 766. The van der Waals surface area contributed by atoms with Gasteiger partial charge in [-0.25, -0.2) is 4.98 Å². The van der Waals surface area contributed by atoms with Crippen LogP contribution in [0.25, 0.3) is 16.8 Å². The van der Waals surface area contributed by atoms with Crippen LogP contribution in [0.4, 0.5) is 0 Å². The lowest BCUT2D eigenvalue weighted by molar-refractivity contribution is 0.301. The molecule has 120 valence electrons. The fourth-order valence-electron chi connectivity index (χ4n) is 2.56. The molecule has 0 radical (unpaired) electrons. The van der Waals surface area contributed by atoms with Crippen molar-refractivity contribution in [2.75, 3.05) is 6.54 Å². The van der Waals surface area contributed by atoms with Gasteiger partial charge in [-0.15, -0.1) is 11.3 Å². The van der Waals surface area contributed by atoms with Crippen LogP contribution in [0.5, 0.6) is 0 Å². The second kappa shape index (κ2) is 6.34. The number of aliphatic hydroxyl groups is 1. The second-order valence-corrected chi connectivity index (χ2v) is 6.89. The lowest BCUT2D eigenvalue weighted by Gasteiger charge is -2.25. The summed E-state index contributed by atoms with van der Waals surface area (Å²) in [5.74, 6) is 0.584. The molecular formula is C17H18ClN3OS. The number of aromatic nitrogens is 1. The molecule has 4 nitrogen and oxygen atoms in total. The molecule has 1 unspecified atom stereocenters. The number of rotatable bonds is 4. The number of amidine groups is 1. The van der Waals surface area contributed by atoms with Gasteiger partial charge in [-0.1, -0.05) is 30.7 Å². The van der Waals surface area contributed by atoms with E-state index >= 15 is 0 Å². The van der Waals surface area contributed by atoms with Gasteiger partial charge >= 0.3 is 0 Å². The first kappa shape index (κ1) is 16.0. The molecule has 0 aliphatic carbocycles. The summed E-state index contributed by atoms with van der Waals surface area (Å²) in [5, 5.41) is 22.0. The number of aliphatic hydroxyl groups excluding tert-OH is 1. The van der Waals surface area contributed by atoms with Gasteiger partial charge in [-0.05, 0) is 25.5 Å². The van der Waals surface area contributed by atoms with Crippen LogP contribution < -0.4 is 0 Å². The summed E-state index contributed by atoms with van der Waals surface area (Å²) in [6.07, 6.45) is 0.927. The first-order chi connectivity index (χ1) is 11.0. The highest BCUT2D eigenvalue weighted by molar-refractivity contribution is 7.11.